The van der Waals surface area contributed by atoms with Gasteiger partial charge in [-0.2, -0.15) is 0 Å². The Labute approximate surface area is 131 Å². The molecule has 1 unspecified atom stereocenters. The van der Waals surface area contributed by atoms with Crippen molar-refractivity contribution in [1.29, 1.82) is 0 Å². The fourth-order valence-electron chi connectivity index (χ4n) is 2.40. The quantitative estimate of drug-likeness (QED) is 0.740. The lowest BCUT2D eigenvalue weighted by Crippen LogP contribution is -1.95. The Kier molecular flexibility index (Phi) is 3.90. The minimum atomic E-state index is 0.108. The molecule has 1 atom stereocenters. The number of benzene rings is 2. The average molecular weight is 354 g/mol. The molecule has 1 aliphatic rings. The van der Waals surface area contributed by atoms with E-state index in [4.69, 9.17) is 21.1 Å². The van der Waals surface area contributed by atoms with Crippen LogP contribution in [0.1, 0.15) is 21.5 Å². The third-order valence-corrected chi connectivity index (χ3v) is 4.83. The standard InChI is InChI=1S/C16H14BrClO2/c1-19-15-5-3-12(9-13(15)18)16(17)11-2-4-14-10(8-11)6-7-20-14/h2-5,8-9,16H,6-7H2,1H3. The van der Waals surface area contributed by atoms with E-state index in [9.17, 15) is 0 Å². The van der Waals surface area contributed by atoms with Gasteiger partial charge in [0.1, 0.15) is 11.5 Å². The molecule has 1 aliphatic heterocycles. The van der Waals surface area contributed by atoms with E-state index >= 15 is 0 Å². The van der Waals surface area contributed by atoms with Gasteiger partial charge in [-0.1, -0.05) is 45.7 Å². The predicted octanol–water partition coefficient (Wildman–Crippen LogP) is 4.77. The van der Waals surface area contributed by atoms with Crippen LogP contribution < -0.4 is 9.47 Å². The lowest BCUT2D eigenvalue weighted by molar-refractivity contribution is 0.357. The van der Waals surface area contributed by atoms with Crippen LogP contribution in [0, 0.1) is 0 Å². The summed E-state index contributed by atoms with van der Waals surface area (Å²) in [6.45, 7) is 0.778. The molecule has 104 valence electrons. The van der Waals surface area contributed by atoms with Crippen molar-refractivity contribution in [2.24, 2.45) is 0 Å². The van der Waals surface area contributed by atoms with E-state index in [1.165, 1.54) is 11.1 Å². The molecule has 0 radical (unpaired) electrons. The molecular formula is C16H14BrClO2. The normalized spacial score (nSPS) is 14.6. The van der Waals surface area contributed by atoms with E-state index in [1.54, 1.807) is 7.11 Å². The molecule has 20 heavy (non-hydrogen) atoms. The Hall–Kier alpha value is -1.19. The highest BCUT2D eigenvalue weighted by molar-refractivity contribution is 9.09. The maximum Gasteiger partial charge on any atom is 0.137 e. The van der Waals surface area contributed by atoms with Crippen LogP contribution in [0.25, 0.3) is 0 Å². The second kappa shape index (κ2) is 5.66. The van der Waals surface area contributed by atoms with Gasteiger partial charge in [0.25, 0.3) is 0 Å². The fourth-order valence-corrected chi connectivity index (χ4v) is 3.23. The Morgan fingerprint density at radius 2 is 1.95 bits per heavy atom. The molecule has 0 amide bonds. The first-order valence-electron chi connectivity index (χ1n) is 6.42. The first-order valence-corrected chi connectivity index (χ1v) is 7.71. The summed E-state index contributed by atoms with van der Waals surface area (Å²) in [5, 5.41) is 0.624. The third kappa shape index (κ3) is 2.52. The van der Waals surface area contributed by atoms with Gasteiger partial charge in [-0.25, -0.2) is 0 Å². The zero-order valence-corrected chi connectivity index (χ0v) is 13.4. The lowest BCUT2D eigenvalue weighted by Gasteiger charge is -2.13. The largest absolute Gasteiger partial charge is 0.495 e. The van der Waals surface area contributed by atoms with Gasteiger partial charge in [0.15, 0.2) is 0 Å². The molecule has 3 rings (SSSR count). The molecule has 4 heteroatoms. The lowest BCUT2D eigenvalue weighted by atomic mass is 10.0. The second-order valence-electron chi connectivity index (χ2n) is 4.72. The van der Waals surface area contributed by atoms with Gasteiger partial charge in [0.2, 0.25) is 0 Å². The van der Waals surface area contributed by atoms with Crippen LogP contribution in [-0.4, -0.2) is 13.7 Å². The van der Waals surface area contributed by atoms with E-state index in [-0.39, 0.29) is 4.83 Å². The number of fused-ring (bicyclic) bond motifs is 1. The number of methoxy groups -OCH3 is 1. The van der Waals surface area contributed by atoms with Crippen molar-refractivity contribution in [2.75, 3.05) is 13.7 Å². The molecule has 2 aromatic carbocycles. The highest BCUT2D eigenvalue weighted by Crippen LogP contribution is 2.37. The molecule has 0 bridgehead atoms. The maximum atomic E-state index is 6.19. The van der Waals surface area contributed by atoms with Crippen molar-refractivity contribution in [3.63, 3.8) is 0 Å². The molecule has 0 saturated heterocycles. The first-order chi connectivity index (χ1) is 9.69. The highest BCUT2D eigenvalue weighted by atomic mass is 79.9. The van der Waals surface area contributed by atoms with Gasteiger partial charge in [-0.3, -0.25) is 0 Å². The van der Waals surface area contributed by atoms with Gasteiger partial charge >= 0.3 is 0 Å². The Balaban J connectivity index is 1.92. The van der Waals surface area contributed by atoms with Gasteiger partial charge in [-0.05, 0) is 34.9 Å². The molecule has 0 N–H and O–H groups in total. The van der Waals surface area contributed by atoms with Crippen molar-refractivity contribution < 1.29 is 9.47 Å². The summed E-state index contributed by atoms with van der Waals surface area (Å²) in [6, 6.07) is 12.2. The van der Waals surface area contributed by atoms with E-state index in [1.807, 2.05) is 24.3 Å². The second-order valence-corrected chi connectivity index (χ2v) is 6.05. The first kappa shape index (κ1) is 13.8. The molecule has 2 nitrogen and oxygen atoms in total. The van der Waals surface area contributed by atoms with Crippen LogP contribution >= 0.6 is 27.5 Å². The summed E-state index contributed by atoms with van der Waals surface area (Å²) < 4.78 is 10.7. The zero-order chi connectivity index (χ0) is 14.1. The summed E-state index contributed by atoms with van der Waals surface area (Å²) in [4.78, 5) is 0.108. The van der Waals surface area contributed by atoms with Crippen LogP contribution in [0.5, 0.6) is 11.5 Å². The van der Waals surface area contributed by atoms with Crippen molar-refractivity contribution >= 4 is 27.5 Å². The zero-order valence-electron chi connectivity index (χ0n) is 11.0. The van der Waals surface area contributed by atoms with Crippen molar-refractivity contribution in [2.45, 2.75) is 11.2 Å². The molecule has 2 aromatic rings. The smallest absolute Gasteiger partial charge is 0.137 e. The monoisotopic (exact) mass is 352 g/mol. The van der Waals surface area contributed by atoms with Crippen LogP contribution in [0.4, 0.5) is 0 Å². The summed E-state index contributed by atoms with van der Waals surface area (Å²) >= 11 is 9.93. The van der Waals surface area contributed by atoms with Gasteiger partial charge < -0.3 is 9.47 Å². The highest BCUT2D eigenvalue weighted by Gasteiger charge is 2.17. The summed E-state index contributed by atoms with van der Waals surface area (Å²) in [6.07, 6.45) is 0.978. The molecule has 0 fully saturated rings. The number of alkyl halides is 1. The fraction of sp³-hybridized carbons (Fsp3) is 0.250. The molecule has 0 saturated carbocycles. The Morgan fingerprint density at radius 1 is 1.20 bits per heavy atom. The third-order valence-electron chi connectivity index (χ3n) is 3.47. The van der Waals surface area contributed by atoms with Crippen molar-refractivity contribution in [1.82, 2.24) is 0 Å². The molecular weight excluding hydrogens is 340 g/mol. The van der Waals surface area contributed by atoms with Gasteiger partial charge in [0.05, 0.1) is 23.6 Å². The van der Waals surface area contributed by atoms with Crippen molar-refractivity contribution in [3.05, 3.63) is 58.1 Å². The van der Waals surface area contributed by atoms with Crippen molar-refractivity contribution in [3.8, 4) is 11.5 Å². The minimum absolute atomic E-state index is 0.108. The van der Waals surface area contributed by atoms with E-state index in [0.29, 0.717) is 10.8 Å². The summed E-state index contributed by atoms with van der Waals surface area (Å²) in [5.74, 6) is 1.69. The number of hydrogen-bond acceptors (Lipinski definition) is 2. The van der Waals surface area contributed by atoms with Crippen LogP contribution in [0.15, 0.2) is 36.4 Å². The SMILES string of the molecule is COc1ccc(C(Br)c2ccc3c(c2)CCO3)cc1Cl. The maximum absolute atomic E-state index is 6.19. The molecule has 0 aliphatic carbocycles. The van der Waals surface area contributed by atoms with E-state index in [0.717, 1.165) is 24.3 Å². The summed E-state index contributed by atoms with van der Waals surface area (Å²) in [5.41, 5.74) is 3.58. The Morgan fingerprint density at radius 3 is 2.70 bits per heavy atom. The minimum Gasteiger partial charge on any atom is -0.495 e. The average Bonchev–Trinajstić information content (AvgIpc) is 2.93. The Bertz CT molecular complexity index is 642. The number of hydrogen-bond donors (Lipinski definition) is 0. The number of ether oxygens (including phenoxy) is 2. The van der Waals surface area contributed by atoms with E-state index < -0.39 is 0 Å². The molecule has 1 heterocycles. The number of halogens is 2. The predicted molar refractivity (Wildman–Crippen MR) is 84.4 cm³/mol. The van der Waals surface area contributed by atoms with Crippen LogP contribution in [0.3, 0.4) is 0 Å². The molecule has 0 aromatic heterocycles. The van der Waals surface area contributed by atoms with Crippen LogP contribution in [-0.2, 0) is 6.42 Å². The summed E-state index contributed by atoms with van der Waals surface area (Å²) in [7, 11) is 1.62. The number of rotatable bonds is 3. The van der Waals surface area contributed by atoms with Crippen LogP contribution in [0.2, 0.25) is 5.02 Å². The molecule has 0 spiro atoms. The van der Waals surface area contributed by atoms with Gasteiger partial charge in [-0.15, -0.1) is 0 Å². The van der Waals surface area contributed by atoms with Gasteiger partial charge in [0, 0.05) is 6.42 Å². The topological polar surface area (TPSA) is 18.5 Å². The van der Waals surface area contributed by atoms with E-state index in [2.05, 4.69) is 28.1 Å².